The fraction of sp³-hybridized carbons (Fsp3) is 0.500. The number of ether oxygens (including phenoxy) is 7. The number of likely N-dealkylation sites (N-methyl/N-ethyl adjacent to an activating group) is 1. The average Bonchev–Trinajstić information content (AvgIpc) is 0.754. The molecule has 7 aliphatic heterocycles. The van der Waals surface area contributed by atoms with E-state index < -0.39 is 216 Å². The number of hydrogen-bond donors (Lipinski definition) is 19. The van der Waals surface area contributed by atoms with Crippen molar-refractivity contribution in [3.8, 4) is 57.1 Å². The first-order valence-electron chi connectivity index (χ1n) is 42.8. The average molecular weight is 1770 g/mol. The Kier molecular flexibility index (Phi) is 27.9. The third-order valence-electron chi connectivity index (χ3n) is 25.3. The summed E-state index contributed by atoms with van der Waals surface area (Å²) in [5, 5.41) is 120. The van der Waals surface area contributed by atoms with Crippen molar-refractivity contribution in [3.63, 3.8) is 0 Å². The van der Waals surface area contributed by atoms with Gasteiger partial charge in [0.05, 0.1) is 36.3 Å². The van der Waals surface area contributed by atoms with Crippen molar-refractivity contribution in [1.82, 2.24) is 42.5 Å². The summed E-state index contributed by atoms with van der Waals surface area (Å²) in [6.07, 6.45) is -10.0. The van der Waals surface area contributed by atoms with Crippen molar-refractivity contribution >= 4 is 70.6 Å². The largest absolute Gasteiger partial charge is 0.507 e. The molecule has 15 bridgehead atoms. The molecule has 0 spiro atoms. The second-order valence-corrected chi connectivity index (χ2v) is 35.6. The molecule has 6 fully saturated rings. The van der Waals surface area contributed by atoms with E-state index in [4.69, 9.17) is 56.2 Å². The number of aliphatic hydroxyl groups is 6. The Morgan fingerprint density at radius 2 is 1.33 bits per heavy atom. The standard InChI is InChI=1S/C90H110ClN11O24/c1-8-9-10-11-12-42-13-18-51(19-14-42)95-89(119)121-52-34-54-67(59(105)35-52)53-30-45(15-20-58(53)104)69-83(114)102-73(87(118)100-71(54)85(116)97-68-48-26-43-25-44(28-48)29-49(68)27-43)75(108)47-17-22-61(55(91)31-47)123-63-33-50-32-62(78(63)126-88-79(77(110)76(109)64(38-103)124-88)125-66-37-90(6,93)80(111)41(5)120-66)122-60-21-16-46(24-40(60)4)74(107)72(101-81(112)56(94-7)23-39(2)3)86(117)96-57(36-65(92)106)82(113)98-70(50)84(115)99-69/h13-22,24,30-35,39,41,43-44,48-49,56-57,64,66,68-77,79-80,88,94,103-105,107-111H,8-12,23,25-29,36-38,93H2,1-7H3,(H2,92,106)(H,95,119)(H,96,117)(H,97,116)(H,98,113)(H,99,115)(H,100,118)(H,101,112)(H,102,114)/t41-,43?,44?,48?,49?,56+,57-,64+,66-,68?,69+,70+,71-,72+,73-,74+,75+,76+,77-,79+,80+,88-,90-/m0/s1. The highest BCUT2D eigenvalue weighted by Gasteiger charge is 2.53. The van der Waals surface area contributed by atoms with Crippen LogP contribution in [0.15, 0.2) is 103 Å². The Morgan fingerprint density at radius 1 is 0.683 bits per heavy atom. The van der Waals surface area contributed by atoms with Crippen LogP contribution in [0.2, 0.25) is 5.02 Å². The maximum absolute atomic E-state index is 16.6. The Labute approximate surface area is 731 Å². The van der Waals surface area contributed by atoms with Crippen LogP contribution in [0.3, 0.4) is 0 Å². The second-order valence-electron chi connectivity index (χ2n) is 35.2. The normalized spacial score (nSPS) is 30.2. The molecule has 18 atom stereocenters. The number of halogens is 1. The number of aromatic hydroxyl groups is 2. The van der Waals surface area contributed by atoms with E-state index in [2.05, 4.69) is 54.8 Å². The van der Waals surface area contributed by atoms with Gasteiger partial charge in [-0.3, -0.25) is 43.7 Å². The maximum Gasteiger partial charge on any atom is 0.417 e. The van der Waals surface area contributed by atoms with Gasteiger partial charge in [0.25, 0.3) is 0 Å². The number of amides is 9. The number of hydrogen-bond acceptors (Lipinski definition) is 26. The summed E-state index contributed by atoms with van der Waals surface area (Å²) < 4.78 is 45.2. The molecule has 0 radical (unpaired) electrons. The van der Waals surface area contributed by atoms with Crippen LogP contribution < -0.4 is 78.3 Å². The topological polar surface area (TPSA) is 540 Å². The number of anilines is 1. The van der Waals surface area contributed by atoms with Gasteiger partial charge in [0, 0.05) is 40.9 Å². The van der Waals surface area contributed by atoms with Gasteiger partial charge in [0.2, 0.25) is 59.3 Å². The zero-order valence-corrected chi connectivity index (χ0v) is 71.4. The monoisotopic (exact) mass is 1760 g/mol. The Morgan fingerprint density at radius 3 is 1.98 bits per heavy atom. The van der Waals surface area contributed by atoms with Crippen LogP contribution in [0.1, 0.15) is 181 Å². The number of aliphatic hydroxyl groups excluding tert-OH is 6. The molecule has 6 aromatic rings. The predicted octanol–water partition coefficient (Wildman–Crippen LogP) is 5.65. The summed E-state index contributed by atoms with van der Waals surface area (Å²) in [6, 6.07) is 8.40. The van der Waals surface area contributed by atoms with E-state index in [1.54, 1.807) is 12.1 Å². The summed E-state index contributed by atoms with van der Waals surface area (Å²) in [7, 11) is 1.50. The molecule has 676 valence electrons. The Balaban J connectivity index is 0.949. The number of carbonyl (C=O) groups is 9. The minimum atomic E-state index is -2.33. The van der Waals surface area contributed by atoms with Crippen molar-refractivity contribution in [2.75, 3.05) is 19.0 Å². The number of nitrogens with one attached hydrogen (secondary N) is 9. The summed E-state index contributed by atoms with van der Waals surface area (Å²) in [5.74, 6) is -12.6. The van der Waals surface area contributed by atoms with E-state index >= 15 is 28.8 Å². The van der Waals surface area contributed by atoms with Gasteiger partial charge in [-0.05, 0) is 214 Å². The molecule has 35 nitrogen and oxygen atoms in total. The molecule has 21 N–H and O–H groups in total. The first-order chi connectivity index (χ1) is 60.0. The number of primary amides is 1. The maximum atomic E-state index is 16.6. The zero-order valence-electron chi connectivity index (χ0n) is 70.6. The lowest BCUT2D eigenvalue weighted by Crippen LogP contribution is -2.64. The number of phenols is 2. The van der Waals surface area contributed by atoms with E-state index in [0.717, 1.165) is 106 Å². The van der Waals surface area contributed by atoms with E-state index in [1.807, 2.05) is 26.0 Å². The van der Waals surface area contributed by atoms with E-state index in [1.165, 1.54) is 70.3 Å². The van der Waals surface area contributed by atoms with Crippen molar-refractivity contribution in [1.29, 1.82) is 0 Å². The summed E-state index contributed by atoms with van der Waals surface area (Å²) in [5.41, 5.74) is 10.6. The third-order valence-corrected chi connectivity index (χ3v) is 25.6. The first-order valence-corrected chi connectivity index (χ1v) is 43.1. The number of phenolic OH excluding ortho intramolecular Hbond substituents is 2. The van der Waals surface area contributed by atoms with Crippen LogP contribution in [-0.2, 0) is 59.0 Å². The molecule has 11 aliphatic rings. The summed E-state index contributed by atoms with van der Waals surface area (Å²) in [4.78, 5) is 137. The molecular weight excluding hydrogens is 1650 g/mol. The number of benzene rings is 6. The molecule has 2 saturated heterocycles. The summed E-state index contributed by atoms with van der Waals surface area (Å²) in [6.45, 7) is 9.43. The van der Waals surface area contributed by atoms with Crippen molar-refractivity contribution in [3.05, 3.63) is 147 Å². The van der Waals surface area contributed by atoms with Crippen LogP contribution >= 0.6 is 11.6 Å². The lowest BCUT2D eigenvalue weighted by molar-refractivity contribution is -0.333. The van der Waals surface area contributed by atoms with Crippen molar-refractivity contribution in [2.45, 2.75) is 240 Å². The van der Waals surface area contributed by atoms with Crippen LogP contribution in [0.4, 0.5) is 10.5 Å². The highest BCUT2D eigenvalue weighted by Crippen LogP contribution is 2.55. The second kappa shape index (κ2) is 38.4. The minimum Gasteiger partial charge on any atom is -0.507 e. The molecule has 17 rings (SSSR count). The highest BCUT2D eigenvalue weighted by molar-refractivity contribution is 6.32. The van der Waals surface area contributed by atoms with Crippen LogP contribution in [0.25, 0.3) is 11.1 Å². The van der Waals surface area contributed by atoms with E-state index in [9.17, 15) is 55.2 Å². The van der Waals surface area contributed by atoms with Gasteiger partial charge >= 0.3 is 6.09 Å². The highest BCUT2D eigenvalue weighted by atomic mass is 35.5. The molecule has 0 unspecified atom stereocenters. The van der Waals surface area contributed by atoms with E-state index in [-0.39, 0.29) is 91.8 Å². The zero-order chi connectivity index (χ0) is 90.2. The molecule has 6 aromatic carbocycles. The number of aryl methyl sites for hydroxylation is 2. The molecule has 126 heavy (non-hydrogen) atoms. The molecule has 36 heteroatoms. The van der Waals surface area contributed by atoms with Gasteiger partial charge in [0.1, 0.15) is 95.5 Å². The molecule has 0 aromatic heterocycles. The molecule has 4 aliphatic carbocycles. The quantitative estimate of drug-likeness (QED) is 0.0387. The molecule has 9 amide bonds. The van der Waals surface area contributed by atoms with E-state index in [0.29, 0.717) is 17.5 Å². The van der Waals surface area contributed by atoms with Crippen LogP contribution in [0, 0.1) is 36.5 Å². The number of nitrogens with two attached hydrogens (primary N) is 2. The van der Waals surface area contributed by atoms with Gasteiger partial charge in [-0.2, -0.15) is 0 Å². The molecule has 4 saturated carbocycles. The van der Waals surface area contributed by atoms with Gasteiger partial charge in [-0.15, -0.1) is 0 Å². The van der Waals surface area contributed by atoms with Crippen LogP contribution in [0.5, 0.6) is 46.0 Å². The SMILES string of the molecule is CCCCCCc1ccc(NC(=O)Oc2cc(O)c3c(c2)[C@@H](C(=O)NC2C4CC5CC(C4)CC2C5)NC(=O)[C@H]2NC(=O)[C@H](NC(=O)[C@@H]4NC(=O)[C@H](CC(N)=O)NC(=O)[C@H](NC(=O)[C@@H](CC(C)C)NC)[C@H](O)c5ccc(c(C)c5)Oc5cc4cc(c5O[C@@H]4O[C@H](CO)[C@@H](O)[C@H](O)[C@H]4O[C@H]4C[C@](C)(N)[C@H](O)[C@H](C)O4)Oc4ccc(cc4Cl)[C@H]2O)c2ccc(O)c-3c2)cc1. The van der Waals surface area contributed by atoms with Gasteiger partial charge in [-0.25, -0.2) is 4.79 Å². The summed E-state index contributed by atoms with van der Waals surface area (Å²) >= 11 is 7.33. The van der Waals surface area contributed by atoms with Gasteiger partial charge < -0.3 is 128 Å². The fourth-order valence-corrected chi connectivity index (χ4v) is 19.1. The lowest BCUT2D eigenvalue weighted by Gasteiger charge is -2.54. The fourth-order valence-electron chi connectivity index (χ4n) is 18.9. The minimum absolute atomic E-state index is 0.0248. The molecule has 7 heterocycles. The van der Waals surface area contributed by atoms with Gasteiger partial charge in [-0.1, -0.05) is 82.0 Å². The number of rotatable bonds is 21. The number of carbonyl (C=O) groups excluding carboxylic acids is 9. The number of unbranched alkanes of at least 4 members (excludes halogenated alkanes) is 3. The third kappa shape index (κ3) is 20.0. The number of fused-ring (bicyclic) bond motifs is 15. The lowest BCUT2D eigenvalue weighted by atomic mass is 9.54. The predicted molar refractivity (Wildman–Crippen MR) is 453 cm³/mol. The van der Waals surface area contributed by atoms with Crippen molar-refractivity contribution in [2.24, 2.45) is 41.1 Å². The Hall–Kier alpha value is -10.8. The first kappa shape index (κ1) is 91.4. The molecular formula is C90H110ClN11O24. The van der Waals surface area contributed by atoms with Crippen LogP contribution in [-0.4, -0.2) is 193 Å². The Bertz CT molecular complexity index is 5090. The smallest absolute Gasteiger partial charge is 0.417 e. The van der Waals surface area contributed by atoms with Crippen molar-refractivity contribution < 1.29 is 117 Å². The van der Waals surface area contributed by atoms with Gasteiger partial charge in [0.15, 0.2) is 23.9 Å².